The zero-order chi connectivity index (χ0) is 12.0. The molecule has 15 heavy (non-hydrogen) atoms. The lowest BCUT2D eigenvalue weighted by molar-refractivity contribution is -0.187. The van der Waals surface area contributed by atoms with Crippen molar-refractivity contribution in [3.8, 4) is 0 Å². The van der Waals surface area contributed by atoms with E-state index in [1.54, 1.807) is 28.2 Å². The van der Waals surface area contributed by atoms with Crippen molar-refractivity contribution in [3.63, 3.8) is 0 Å². The number of hydrogen-bond acceptors (Lipinski definition) is 7. The van der Waals surface area contributed by atoms with E-state index in [9.17, 15) is 9.59 Å². The van der Waals surface area contributed by atoms with E-state index in [4.69, 9.17) is 5.73 Å². The fourth-order valence-electron chi connectivity index (χ4n) is 0.751. The van der Waals surface area contributed by atoms with Crippen molar-refractivity contribution in [1.82, 2.24) is 10.1 Å². The molecule has 0 aromatic rings. The first-order valence-corrected chi connectivity index (χ1v) is 4.35. The molecule has 0 aliphatic rings. The SMILES string of the molecule is CN(C)OC(=O)CC(N)C(=O)ON(C)C. The van der Waals surface area contributed by atoms with E-state index in [0.717, 1.165) is 0 Å². The Bertz CT molecular complexity index is 230. The van der Waals surface area contributed by atoms with Crippen molar-refractivity contribution < 1.29 is 19.3 Å². The minimum Gasteiger partial charge on any atom is -0.368 e. The number of nitrogens with two attached hydrogens (primary N) is 1. The number of hydrogen-bond donors (Lipinski definition) is 1. The summed E-state index contributed by atoms with van der Waals surface area (Å²) in [5.74, 6) is -1.25. The third kappa shape index (κ3) is 6.83. The van der Waals surface area contributed by atoms with Crippen molar-refractivity contribution >= 4 is 11.9 Å². The summed E-state index contributed by atoms with van der Waals surface area (Å²) in [5, 5.41) is 2.44. The van der Waals surface area contributed by atoms with Crippen LogP contribution >= 0.6 is 0 Å². The normalized spacial score (nSPS) is 12.7. The molecule has 2 N–H and O–H groups in total. The molecule has 0 fully saturated rings. The van der Waals surface area contributed by atoms with Crippen LogP contribution in [0.1, 0.15) is 6.42 Å². The molecular weight excluding hydrogens is 202 g/mol. The summed E-state index contributed by atoms with van der Waals surface area (Å²) in [4.78, 5) is 31.6. The van der Waals surface area contributed by atoms with Gasteiger partial charge in [-0.2, -0.15) is 0 Å². The summed E-state index contributed by atoms with van der Waals surface area (Å²) in [6, 6.07) is -1.01. The highest BCUT2D eigenvalue weighted by Crippen LogP contribution is 1.97. The molecule has 7 heteroatoms. The predicted molar refractivity (Wildman–Crippen MR) is 52.2 cm³/mol. The van der Waals surface area contributed by atoms with Crippen LogP contribution in [0.3, 0.4) is 0 Å². The van der Waals surface area contributed by atoms with E-state index in [0.29, 0.717) is 0 Å². The Labute approximate surface area is 88.6 Å². The van der Waals surface area contributed by atoms with Crippen molar-refractivity contribution in [2.75, 3.05) is 28.2 Å². The van der Waals surface area contributed by atoms with Gasteiger partial charge in [-0.05, 0) is 0 Å². The van der Waals surface area contributed by atoms with E-state index >= 15 is 0 Å². The van der Waals surface area contributed by atoms with Gasteiger partial charge in [-0.25, -0.2) is 4.79 Å². The Hall–Kier alpha value is -1.18. The summed E-state index contributed by atoms with van der Waals surface area (Å²) < 4.78 is 0. The fourth-order valence-corrected chi connectivity index (χ4v) is 0.751. The molecule has 88 valence electrons. The molecule has 0 aromatic heterocycles. The molecule has 7 nitrogen and oxygen atoms in total. The van der Waals surface area contributed by atoms with Crippen LogP contribution in [-0.2, 0) is 19.3 Å². The second-order valence-corrected chi connectivity index (χ2v) is 3.31. The highest BCUT2D eigenvalue weighted by atomic mass is 16.7. The van der Waals surface area contributed by atoms with Gasteiger partial charge in [0.25, 0.3) is 0 Å². The van der Waals surface area contributed by atoms with Crippen LogP contribution in [0.25, 0.3) is 0 Å². The number of nitrogens with zero attached hydrogens (tertiary/aromatic N) is 2. The Morgan fingerprint density at radius 3 is 2.00 bits per heavy atom. The predicted octanol–water partition coefficient (Wildman–Crippen LogP) is -1.26. The van der Waals surface area contributed by atoms with Crippen molar-refractivity contribution in [1.29, 1.82) is 0 Å². The standard InChI is InChI=1S/C8H17N3O4/c1-10(2)14-7(12)5-6(9)8(13)15-11(3)4/h6H,5,9H2,1-4H3. The first kappa shape index (κ1) is 13.8. The first-order chi connectivity index (χ1) is 6.82. The third-order valence-electron chi connectivity index (χ3n) is 1.25. The second kappa shape index (κ2) is 6.33. The maximum atomic E-state index is 11.2. The smallest absolute Gasteiger partial charge is 0.342 e. The lowest BCUT2D eigenvalue weighted by atomic mass is 10.2. The maximum absolute atomic E-state index is 11.2. The van der Waals surface area contributed by atoms with Gasteiger partial charge in [0.05, 0.1) is 6.42 Å². The zero-order valence-corrected chi connectivity index (χ0v) is 9.39. The Kier molecular flexibility index (Phi) is 5.83. The Balaban J connectivity index is 3.96. The molecule has 0 radical (unpaired) electrons. The van der Waals surface area contributed by atoms with Gasteiger partial charge >= 0.3 is 11.9 Å². The summed E-state index contributed by atoms with van der Waals surface area (Å²) >= 11 is 0. The van der Waals surface area contributed by atoms with E-state index in [1.807, 2.05) is 0 Å². The molecule has 0 aliphatic heterocycles. The van der Waals surface area contributed by atoms with E-state index in [1.165, 1.54) is 10.1 Å². The molecule has 0 amide bonds. The first-order valence-electron chi connectivity index (χ1n) is 4.35. The Morgan fingerprint density at radius 2 is 1.60 bits per heavy atom. The average molecular weight is 219 g/mol. The maximum Gasteiger partial charge on any atom is 0.342 e. The van der Waals surface area contributed by atoms with Gasteiger partial charge in [-0.15, -0.1) is 10.1 Å². The van der Waals surface area contributed by atoms with Crippen LogP contribution in [0.15, 0.2) is 0 Å². The van der Waals surface area contributed by atoms with Crippen LogP contribution in [0.2, 0.25) is 0 Å². The molecule has 0 aromatic carbocycles. The highest BCUT2D eigenvalue weighted by molar-refractivity contribution is 5.82. The molecular formula is C8H17N3O4. The van der Waals surface area contributed by atoms with Gasteiger partial charge < -0.3 is 15.4 Å². The van der Waals surface area contributed by atoms with E-state index in [2.05, 4.69) is 9.68 Å². The van der Waals surface area contributed by atoms with Crippen LogP contribution < -0.4 is 5.73 Å². The van der Waals surface area contributed by atoms with Crippen LogP contribution in [0.4, 0.5) is 0 Å². The summed E-state index contributed by atoms with van der Waals surface area (Å²) in [5.41, 5.74) is 5.42. The quantitative estimate of drug-likeness (QED) is 0.578. The van der Waals surface area contributed by atoms with E-state index in [-0.39, 0.29) is 6.42 Å². The number of carbonyl (C=O) groups is 2. The minimum absolute atomic E-state index is 0.217. The number of rotatable bonds is 5. The molecule has 0 saturated carbocycles. The van der Waals surface area contributed by atoms with Crippen LogP contribution in [0, 0.1) is 0 Å². The second-order valence-electron chi connectivity index (χ2n) is 3.31. The lowest BCUT2D eigenvalue weighted by Crippen LogP contribution is -2.38. The largest absolute Gasteiger partial charge is 0.368 e. The summed E-state index contributed by atoms with van der Waals surface area (Å²) in [6.45, 7) is 0. The van der Waals surface area contributed by atoms with Gasteiger partial charge in [0, 0.05) is 28.2 Å². The number of hydroxylamine groups is 4. The summed E-state index contributed by atoms with van der Waals surface area (Å²) in [6.07, 6.45) is -0.217. The monoisotopic (exact) mass is 219 g/mol. The molecule has 0 aliphatic carbocycles. The van der Waals surface area contributed by atoms with Gasteiger partial charge in [0.2, 0.25) is 0 Å². The van der Waals surface area contributed by atoms with Crippen molar-refractivity contribution in [2.45, 2.75) is 12.5 Å². The van der Waals surface area contributed by atoms with Crippen molar-refractivity contribution in [2.24, 2.45) is 5.73 Å². The third-order valence-corrected chi connectivity index (χ3v) is 1.25. The van der Waals surface area contributed by atoms with Gasteiger partial charge in [-0.1, -0.05) is 0 Å². The fraction of sp³-hybridized carbons (Fsp3) is 0.750. The Morgan fingerprint density at radius 1 is 1.13 bits per heavy atom. The van der Waals surface area contributed by atoms with Gasteiger partial charge in [-0.3, -0.25) is 4.79 Å². The molecule has 0 heterocycles. The van der Waals surface area contributed by atoms with Crippen LogP contribution in [0.5, 0.6) is 0 Å². The van der Waals surface area contributed by atoms with Gasteiger partial charge in [0.1, 0.15) is 6.04 Å². The molecule has 1 unspecified atom stereocenters. The van der Waals surface area contributed by atoms with Crippen LogP contribution in [-0.4, -0.2) is 56.3 Å². The summed E-state index contributed by atoms with van der Waals surface area (Å²) in [7, 11) is 6.20. The number of carbonyl (C=O) groups excluding carboxylic acids is 2. The highest BCUT2D eigenvalue weighted by Gasteiger charge is 2.21. The molecule has 0 saturated heterocycles. The van der Waals surface area contributed by atoms with E-state index < -0.39 is 18.0 Å². The molecule has 0 rings (SSSR count). The van der Waals surface area contributed by atoms with Crippen molar-refractivity contribution in [3.05, 3.63) is 0 Å². The van der Waals surface area contributed by atoms with Gasteiger partial charge in [0.15, 0.2) is 0 Å². The molecule has 0 spiro atoms. The zero-order valence-electron chi connectivity index (χ0n) is 9.39. The minimum atomic E-state index is -1.01. The molecule has 0 bridgehead atoms. The average Bonchev–Trinajstić information content (AvgIpc) is 2.00. The lowest BCUT2D eigenvalue weighted by Gasteiger charge is -2.15. The topological polar surface area (TPSA) is 85.1 Å². The molecule has 1 atom stereocenters.